The zero-order chi connectivity index (χ0) is 13.8. The fourth-order valence-corrected chi connectivity index (χ4v) is 3.16. The Morgan fingerprint density at radius 2 is 2.05 bits per heavy atom. The minimum Gasteiger partial charge on any atom is -0.342 e. The van der Waals surface area contributed by atoms with Crippen molar-refractivity contribution >= 4 is 29.1 Å². The summed E-state index contributed by atoms with van der Waals surface area (Å²) in [6, 6.07) is 5.45. The normalized spacial score (nSPS) is 19.5. The third kappa shape index (κ3) is 3.87. The van der Waals surface area contributed by atoms with Gasteiger partial charge in [-0.2, -0.15) is 0 Å². The highest BCUT2D eigenvalue weighted by molar-refractivity contribution is 6.36. The maximum absolute atomic E-state index is 12.2. The summed E-state index contributed by atoms with van der Waals surface area (Å²) < 4.78 is 0. The molecular formula is C15H19Cl2NO. The molecule has 0 bridgehead atoms. The summed E-state index contributed by atoms with van der Waals surface area (Å²) in [5.41, 5.74) is 0.879. The number of amides is 1. The van der Waals surface area contributed by atoms with Crippen LogP contribution in [0.25, 0.3) is 0 Å². The number of halogens is 2. The number of nitrogens with zero attached hydrogens (tertiary/aromatic N) is 1. The van der Waals surface area contributed by atoms with Gasteiger partial charge in [-0.15, -0.1) is 0 Å². The first kappa shape index (κ1) is 14.7. The SMILES string of the molecule is C[C@H]1CCCN(C(=O)CCc2c(Cl)cccc2Cl)C1. The van der Waals surface area contributed by atoms with Crippen molar-refractivity contribution in [3.05, 3.63) is 33.8 Å². The number of benzene rings is 1. The van der Waals surface area contributed by atoms with Gasteiger partial charge in [0, 0.05) is 29.6 Å². The molecule has 1 heterocycles. The second kappa shape index (κ2) is 6.62. The van der Waals surface area contributed by atoms with Crippen LogP contribution in [0, 0.1) is 5.92 Å². The summed E-state index contributed by atoms with van der Waals surface area (Å²) in [6.07, 6.45) is 3.43. The van der Waals surface area contributed by atoms with Crippen molar-refractivity contribution in [3.63, 3.8) is 0 Å². The summed E-state index contributed by atoms with van der Waals surface area (Å²) in [4.78, 5) is 14.2. The third-order valence-corrected chi connectivity index (χ3v) is 4.37. The molecular weight excluding hydrogens is 281 g/mol. The highest BCUT2D eigenvalue weighted by Crippen LogP contribution is 2.26. The fourth-order valence-electron chi connectivity index (χ4n) is 2.58. The molecule has 1 aromatic carbocycles. The van der Waals surface area contributed by atoms with Gasteiger partial charge in [0.05, 0.1) is 0 Å². The second-order valence-electron chi connectivity index (χ2n) is 5.29. The number of rotatable bonds is 3. The van der Waals surface area contributed by atoms with Gasteiger partial charge in [0.1, 0.15) is 0 Å². The molecule has 1 aromatic rings. The van der Waals surface area contributed by atoms with Crippen molar-refractivity contribution in [1.29, 1.82) is 0 Å². The van der Waals surface area contributed by atoms with Crippen LogP contribution < -0.4 is 0 Å². The lowest BCUT2D eigenvalue weighted by Gasteiger charge is -2.31. The van der Waals surface area contributed by atoms with E-state index in [1.807, 2.05) is 23.1 Å². The number of hydrogen-bond donors (Lipinski definition) is 0. The van der Waals surface area contributed by atoms with E-state index in [1.54, 1.807) is 0 Å². The molecule has 1 aliphatic rings. The Hall–Kier alpha value is -0.730. The smallest absolute Gasteiger partial charge is 0.222 e. The summed E-state index contributed by atoms with van der Waals surface area (Å²) in [7, 11) is 0. The van der Waals surface area contributed by atoms with E-state index < -0.39 is 0 Å². The molecule has 1 atom stereocenters. The summed E-state index contributed by atoms with van der Waals surface area (Å²) in [5, 5.41) is 1.29. The van der Waals surface area contributed by atoms with Gasteiger partial charge in [0.15, 0.2) is 0 Å². The van der Waals surface area contributed by atoms with Crippen molar-refractivity contribution in [2.45, 2.75) is 32.6 Å². The Morgan fingerprint density at radius 1 is 1.37 bits per heavy atom. The van der Waals surface area contributed by atoms with Crippen LogP contribution in [0.2, 0.25) is 10.0 Å². The minimum atomic E-state index is 0.211. The van der Waals surface area contributed by atoms with Crippen LogP contribution >= 0.6 is 23.2 Å². The monoisotopic (exact) mass is 299 g/mol. The van der Waals surface area contributed by atoms with Gasteiger partial charge in [0.2, 0.25) is 5.91 Å². The van der Waals surface area contributed by atoms with Crippen molar-refractivity contribution in [2.24, 2.45) is 5.92 Å². The van der Waals surface area contributed by atoms with Crippen molar-refractivity contribution in [3.8, 4) is 0 Å². The average molecular weight is 300 g/mol. The highest BCUT2D eigenvalue weighted by Gasteiger charge is 2.21. The van der Waals surface area contributed by atoms with E-state index in [0.717, 1.165) is 25.1 Å². The first-order chi connectivity index (χ1) is 9.08. The number of carbonyl (C=O) groups is 1. The van der Waals surface area contributed by atoms with Crippen LogP contribution in [-0.2, 0) is 11.2 Å². The molecule has 0 radical (unpaired) electrons. The van der Waals surface area contributed by atoms with Crippen LogP contribution in [-0.4, -0.2) is 23.9 Å². The van der Waals surface area contributed by atoms with Gasteiger partial charge < -0.3 is 4.90 Å². The van der Waals surface area contributed by atoms with E-state index in [2.05, 4.69) is 6.92 Å². The Balaban J connectivity index is 1.93. The summed E-state index contributed by atoms with van der Waals surface area (Å²) >= 11 is 12.2. The van der Waals surface area contributed by atoms with Crippen LogP contribution in [0.3, 0.4) is 0 Å². The molecule has 2 rings (SSSR count). The third-order valence-electron chi connectivity index (χ3n) is 3.66. The van der Waals surface area contributed by atoms with Gasteiger partial charge >= 0.3 is 0 Å². The molecule has 1 aliphatic heterocycles. The van der Waals surface area contributed by atoms with Gasteiger partial charge in [-0.3, -0.25) is 4.79 Å². The van der Waals surface area contributed by atoms with Gasteiger partial charge in [-0.05, 0) is 42.9 Å². The zero-order valence-corrected chi connectivity index (χ0v) is 12.7. The molecule has 0 spiro atoms. The fraction of sp³-hybridized carbons (Fsp3) is 0.533. The largest absolute Gasteiger partial charge is 0.342 e. The van der Waals surface area contributed by atoms with Crippen molar-refractivity contribution in [1.82, 2.24) is 4.90 Å². The lowest BCUT2D eigenvalue weighted by molar-refractivity contribution is -0.132. The predicted octanol–water partition coefficient (Wildman–Crippen LogP) is 4.18. The number of carbonyl (C=O) groups excluding carboxylic acids is 1. The van der Waals surface area contributed by atoms with Crippen molar-refractivity contribution in [2.75, 3.05) is 13.1 Å². The van der Waals surface area contributed by atoms with E-state index in [9.17, 15) is 4.79 Å². The molecule has 1 amide bonds. The quantitative estimate of drug-likeness (QED) is 0.820. The lowest BCUT2D eigenvalue weighted by atomic mass is 9.99. The lowest BCUT2D eigenvalue weighted by Crippen LogP contribution is -2.39. The maximum atomic E-state index is 12.2. The maximum Gasteiger partial charge on any atom is 0.222 e. The van der Waals surface area contributed by atoms with Crippen molar-refractivity contribution < 1.29 is 4.79 Å². The molecule has 0 N–H and O–H groups in total. The molecule has 19 heavy (non-hydrogen) atoms. The van der Waals surface area contributed by atoms with Gasteiger partial charge in [-0.1, -0.05) is 36.2 Å². The van der Waals surface area contributed by atoms with Gasteiger partial charge in [-0.25, -0.2) is 0 Å². The molecule has 0 aliphatic carbocycles. The molecule has 0 saturated carbocycles. The molecule has 0 unspecified atom stereocenters. The van der Waals surface area contributed by atoms with E-state index in [4.69, 9.17) is 23.2 Å². The minimum absolute atomic E-state index is 0.211. The first-order valence-corrected chi connectivity index (χ1v) is 7.54. The van der Waals surface area contributed by atoms with E-state index in [-0.39, 0.29) is 5.91 Å². The molecule has 104 valence electrons. The van der Waals surface area contributed by atoms with Gasteiger partial charge in [0.25, 0.3) is 0 Å². The zero-order valence-electron chi connectivity index (χ0n) is 11.2. The molecule has 0 aromatic heterocycles. The van der Waals surface area contributed by atoms with Crippen LogP contribution in [0.4, 0.5) is 0 Å². The Morgan fingerprint density at radius 3 is 2.68 bits per heavy atom. The van der Waals surface area contributed by atoms with E-state index in [0.29, 0.717) is 28.8 Å². The van der Waals surface area contributed by atoms with E-state index >= 15 is 0 Å². The van der Waals surface area contributed by atoms with E-state index in [1.165, 1.54) is 6.42 Å². The Bertz CT molecular complexity index is 441. The Kier molecular flexibility index (Phi) is 5.12. The number of piperidine rings is 1. The summed E-state index contributed by atoms with van der Waals surface area (Å²) in [6.45, 7) is 3.97. The highest BCUT2D eigenvalue weighted by atomic mass is 35.5. The first-order valence-electron chi connectivity index (χ1n) is 6.78. The molecule has 2 nitrogen and oxygen atoms in total. The topological polar surface area (TPSA) is 20.3 Å². The molecule has 1 saturated heterocycles. The second-order valence-corrected chi connectivity index (χ2v) is 6.10. The standard InChI is InChI=1S/C15H19Cl2NO/c1-11-4-3-9-18(10-11)15(19)8-7-12-13(16)5-2-6-14(12)17/h2,5-6,11H,3-4,7-10H2,1H3/t11-/m0/s1. The van der Waals surface area contributed by atoms with Crippen LogP contribution in [0.5, 0.6) is 0 Å². The summed E-state index contributed by atoms with van der Waals surface area (Å²) in [5.74, 6) is 0.823. The molecule has 1 fully saturated rings. The van der Waals surface area contributed by atoms with Crippen LogP contribution in [0.15, 0.2) is 18.2 Å². The number of hydrogen-bond acceptors (Lipinski definition) is 1. The average Bonchev–Trinajstić information content (AvgIpc) is 2.38. The number of likely N-dealkylation sites (tertiary alicyclic amines) is 1. The predicted molar refractivity (Wildman–Crippen MR) is 79.8 cm³/mol. The molecule has 4 heteroatoms. The Labute approximate surface area is 124 Å². The van der Waals surface area contributed by atoms with Crippen LogP contribution in [0.1, 0.15) is 31.7 Å².